The number of fused-ring (bicyclic) bond motifs is 1. The number of nitrogens with one attached hydrogen (secondary N) is 1. The van der Waals surface area contributed by atoms with Crippen molar-refractivity contribution in [2.75, 3.05) is 26.8 Å². The van der Waals surface area contributed by atoms with Crippen LogP contribution in [0.4, 0.5) is 4.79 Å². The van der Waals surface area contributed by atoms with Gasteiger partial charge in [-0.05, 0) is 50.2 Å². The van der Waals surface area contributed by atoms with E-state index < -0.39 is 23.0 Å². The Bertz CT molecular complexity index is 1410. The molecule has 2 N–H and O–H groups in total. The fraction of sp³-hybridized carbons (Fsp3) is 0.444. The van der Waals surface area contributed by atoms with E-state index in [0.29, 0.717) is 35.2 Å². The Hall–Kier alpha value is -3.32. The van der Waals surface area contributed by atoms with Crippen molar-refractivity contribution < 1.29 is 37.3 Å². The van der Waals surface area contributed by atoms with Gasteiger partial charge >= 0.3 is 6.16 Å². The van der Waals surface area contributed by atoms with Gasteiger partial charge in [0, 0.05) is 30.4 Å². The first-order valence-corrected chi connectivity index (χ1v) is 13.8. The van der Waals surface area contributed by atoms with Gasteiger partial charge in [-0.1, -0.05) is 29.8 Å². The van der Waals surface area contributed by atoms with Crippen LogP contribution in [-0.4, -0.2) is 67.6 Å². The molecule has 1 saturated carbocycles. The average Bonchev–Trinajstić information content (AvgIpc) is 3.66. The highest BCUT2D eigenvalue weighted by Crippen LogP contribution is 2.44. The molecule has 1 aliphatic carbocycles. The number of hydrogen-bond donors (Lipinski definition) is 2. The fourth-order valence-corrected chi connectivity index (χ4v) is 5.43. The largest absolute Gasteiger partial charge is 0.760 e. The monoisotopic (exact) mass is 556 g/mol. The first-order valence-electron chi connectivity index (χ1n) is 12.8. The van der Waals surface area contributed by atoms with Gasteiger partial charge in [0.25, 0.3) is 5.91 Å². The summed E-state index contributed by atoms with van der Waals surface area (Å²) >= 11 is -2.54. The van der Waals surface area contributed by atoms with Crippen LogP contribution in [-0.2, 0) is 27.3 Å². The second-order valence-corrected chi connectivity index (χ2v) is 11.1. The Morgan fingerprint density at radius 2 is 2.00 bits per heavy atom. The molecule has 1 saturated heterocycles. The van der Waals surface area contributed by atoms with Crippen molar-refractivity contribution >= 4 is 34.4 Å². The molecule has 1 amide bonds. The van der Waals surface area contributed by atoms with E-state index in [2.05, 4.69) is 5.32 Å². The van der Waals surface area contributed by atoms with Gasteiger partial charge in [-0.15, -0.1) is 0 Å². The molecule has 1 atom stereocenters. The van der Waals surface area contributed by atoms with E-state index >= 15 is 0 Å². The number of rotatable bonds is 11. The summed E-state index contributed by atoms with van der Waals surface area (Å²) < 4.78 is 41.8. The fourth-order valence-electron chi connectivity index (χ4n) is 4.93. The second-order valence-electron chi connectivity index (χ2n) is 10.1. The zero-order valence-electron chi connectivity index (χ0n) is 21.7. The second kappa shape index (κ2) is 11.0. The maximum Gasteiger partial charge on any atom is 0.506 e. The van der Waals surface area contributed by atoms with Gasteiger partial charge in [0.15, 0.2) is 5.60 Å². The number of aryl methyl sites for hydroxylation is 1. The highest BCUT2D eigenvalue weighted by Gasteiger charge is 2.42. The van der Waals surface area contributed by atoms with E-state index in [-0.39, 0.29) is 43.8 Å². The summed E-state index contributed by atoms with van der Waals surface area (Å²) in [4.78, 5) is 28.7. The first-order chi connectivity index (χ1) is 18.7. The number of amides is 1. The topological polar surface area (TPSA) is 154 Å². The molecule has 1 aromatic carbocycles. The van der Waals surface area contributed by atoms with E-state index in [0.717, 1.165) is 29.5 Å². The Balaban J connectivity index is 1.45. The zero-order valence-corrected chi connectivity index (χ0v) is 22.5. The number of carbonyl (C=O) groups excluding carboxylic acids is 1. The summed E-state index contributed by atoms with van der Waals surface area (Å²) in [7, 11) is 1.56. The third-order valence-corrected chi connectivity index (χ3v) is 7.92. The van der Waals surface area contributed by atoms with Gasteiger partial charge in [0.2, 0.25) is 5.71 Å². The highest BCUT2D eigenvalue weighted by atomic mass is 32.2. The minimum atomic E-state index is -2.54. The van der Waals surface area contributed by atoms with Crippen LogP contribution in [0.15, 0.2) is 34.7 Å². The van der Waals surface area contributed by atoms with Gasteiger partial charge in [0.05, 0.1) is 36.4 Å². The molecule has 0 radical (unpaired) electrons. The van der Waals surface area contributed by atoms with Gasteiger partial charge in [-0.25, -0.2) is 14.1 Å². The van der Waals surface area contributed by atoms with Crippen LogP contribution < -0.4 is 5.32 Å². The molecular weight excluding hydrogens is 526 g/mol. The third kappa shape index (κ3) is 5.83. The zero-order chi connectivity index (χ0) is 27.7. The molecule has 39 heavy (non-hydrogen) atoms. The van der Waals surface area contributed by atoms with Crippen molar-refractivity contribution in [3.05, 3.63) is 52.7 Å². The van der Waals surface area contributed by atoms with Gasteiger partial charge < -0.3 is 28.9 Å². The first kappa shape index (κ1) is 27.3. The van der Waals surface area contributed by atoms with Gasteiger partial charge in [0.1, 0.15) is 5.76 Å². The smallest absolute Gasteiger partial charge is 0.506 e. The maximum absolute atomic E-state index is 12.9. The lowest BCUT2D eigenvalue weighted by Crippen LogP contribution is -2.53. The predicted octanol–water partition coefficient (Wildman–Crippen LogP) is 3.88. The molecule has 2 aromatic heterocycles. The SMILES string of the molecule is CNC(=O)c1c(-c2ccc(C)cc2)oc2nc(CN(CCCC3(OC(=O)O)COC3)S(=O)[O-])c(C3CC3)cc12. The number of hydrogen-bond acceptors (Lipinski definition) is 8. The Labute approximate surface area is 227 Å². The van der Waals surface area contributed by atoms with E-state index in [4.69, 9.17) is 24.0 Å². The molecule has 11 nitrogen and oxygen atoms in total. The third-order valence-electron chi connectivity index (χ3n) is 7.19. The molecule has 3 aromatic rings. The number of carboxylic acid groups (broad SMARTS) is 1. The van der Waals surface area contributed by atoms with Crippen LogP contribution in [0.5, 0.6) is 0 Å². The molecule has 0 bridgehead atoms. The highest BCUT2D eigenvalue weighted by molar-refractivity contribution is 7.76. The van der Waals surface area contributed by atoms with Crippen molar-refractivity contribution in [2.45, 2.75) is 50.7 Å². The van der Waals surface area contributed by atoms with Crippen molar-refractivity contribution in [1.29, 1.82) is 0 Å². The lowest BCUT2D eigenvalue weighted by Gasteiger charge is -2.40. The van der Waals surface area contributed by atoms with Crippen LogP contribution in [0, 0.1) is 6.92 Å². The summed E-state index contributed by atoms with van der Waals surface area (Å²) in [6.45, 7) is 2.46. The van der Waals surface area contributed by atoms with Crippen LogP contribution in [0.3, 0.4) is 0 Å². The molecule has 2 aliphatic rings. The minimum absolute atomic E-state index is 0.0248. The molecule has 2 fully saturated rings. The molecular formula is C27H30N3O8S-. The normalized spacial score (nSPS) is 17.1. The lowest BCUT2D eigenvalue weighted by molar-refractivity contribution is -0.189. The molecule has 0 spiro atoms. The Morgan fingerprint density at radius 1 is 1.28 bits per heavy atom. The summed E-state index contributed by atoms with van der Waals surface area (Å²) in [6.07, 6.45) is 1.24. The standard InChI is InChI=1S/C27H31N3O8S/c1-16-4-6-18(7-5-16)23-22(24(31)28-2)20-12-19(17-8-9-17)21(29-25(20)37-23)13-30(39(34)35)11-3-10-27(14-36-15-27)38-26(32)33/h4-7,12,17H,3,8-11,13-15H2,1-2H3,(H,28,31)(H,32,33)(H,34,35)/p-1. The average molecular weight is 557 g/mol. The molecule has 1 unspecified atom stereocenters. The van der Waals surface area contributed by atoms with Crippen molar-refractivity contribution in [3.8, 4) is 11.3 Å². The molecule has 1 aliphatic heterocycles. The van der Waals surface area contributed by atoms with E-state index in [1.54, 1.807) is 7.05 Å². The summed E-state index contributed by atoms with van der Waals surface area (Å²) in [5, 5.41) is 12.3. The maximum atomic E-state index is 12.9. The number of pyridine rings is 1. The van der Waals surface area contributed by atoms with Gasteiger partial charge in [-0.2, -0.15) is 0 Å². The van der Waals surface area contributed by atoms with Crippen molar-refractivity contribution in [1.82, 2.24) is 14.6 Å². The predicted molar refractivity (Wildman–Crippen MR) is 141 cm³/mol. The number of carbonyl (C=O) groups is 2. The number of benzene rings is 1. The summed E-state index contributed by atoms with van der Waals surface area (Å²) in [5.41, 5.74) is 3.02. The minimum Gasteiger partial charge on any atom is -0.760 e. The number of furan rings is 1. The van der Waals surface area contributed by atoms with E-state index in [1.165, 1.54) is 4.31 Å². The van der Waals surface area contributed by atoms with E-state index in [9.17, 15) is 18.4 Å². The van der Waals surface area contributed by atoms with Crippen LogP contribution in [0.25, 0.3) is 22.4 Å². The molecule has 5 rings (SSSR count). The van der Waals surface area contributed by atoms with Crippen molar-refractivity contribution in [3.63, 3.8) is 0 Å². The quantitative estimate of drug-likeness (QED) is 0.264. The van der Waals surface area contributed by atoms with Crippen LogP contribution in [0.2, 0.25) is 0 Å². The van der Waals surface area contributed by atoms with E-state index in [1.807, 2.05) is 37.3 Å². The number of nitrogens with zero attached hydrogens (tertiary/aromatic N) is 2. The molecule has 208 valence electrons. The number of aromatic nitrogens is 1. The van der Waals surface area contributed by atoms with Crippen LogP contribution in [0.1, 0.15) is 58.8 Å². The Morgan fingerprint density at radius 3 is 2.56 bits per heavy atom. The van der Waals surface area contributed by atoms with Crippen LogP contribution >= 0.6 is 0 Å². The van der Waals surface area contributed by atoms with Gasteiger partial charge in [-0.3, -0.25) is 9.00 Å². The van der Waals surface area contributed by atoms with Crippen molar-refractivity contribution in [2.24, 2.45) is 0 Å². The Kier molecular flexibility index (Phi) is 7.72. The molecule has 12 heteroatoms. The molecule has 3 heterocycles. The summed E-state index contributed by atoms with van der Waals surface area (Å²) in [5.74, 6) is 0.348. The summed E-state index contributed by atoms with van der Waals surface area (Å²) in [6, 6.07) is 9.56. The lowest BCUT2D eigenvalue weighted by atomic mass is 9.95. The number of ether oxygens (including phenoxy) is 2.